The maximum Gasteiger partial charge on any atom is 0.305 e. The number of aromatic nitrogens is 1. The molecule has 1 heterocycles. The Balaban J connectivity index is 2.47. The number of hydrogen-bond donors (Lipinski definition) is 1. The largest absolute Gasteiger partial charge is 0.319 e. The van der Waals surface area contributed by atoms with Crippen LogP contribution in [-0.4, -0.2) is 4.98 Å². The van der Waals surface area contributed by atoms with Gasteiger partial charge in [-0.15, -0.1) is 0 Å². The van der Waals surface area contributed by atoms with Crippen molar-refractivity contribution in [1.29, 1.82) is 0 Å². The van der Waals surface area contributed by atoms with Crippen LogP contribution in [0.1, 0.15) is 0 Å². The summed E-state index contributed by atoms with van der Waals surface area (Å²) in [6.45, 7) is 0. The third-order valence-corrected chi connectivity index (χ3v) is 2.78. The van der Waals surface area contributed by atoms with Crippen LogP contribution in [-0.2, 0) is 0 Å². The summed E-state index contributed by atoms with van der Waals surface area (Å²) >= 11 is 6.93. The third kappa shape index (κ3) is 1.82. The van der Waals surface area contributed by atoms with Crippen LogP contribution in [0.4, 0.5) is 0 Å². The van der Waals surface area contributed by atoms with Crippen molar-refractivity contribution in [3.05, 3.63) is 45.2 Å². The van der Waals surface area contributed by atoms with Gasteiger partial charge in [-0.1, -0.05) is 35.1 Å². The number of halogens is 1. The highest BCUT2D eigenvalue weighted by Gasteiger charge is 1.99. The van der Waals surface area contributed by atoms with Crippen molar-refractivity contribution >= 4 is 22.9 Å². The molecule has 0 radical (unpaired) electrons. The first-order chi connectivity index (χ1) is 6.25. The first kappa shape index (κ1) is 8.53. The standard InChI is InChI=1S/C9H6ClNOS/c10-7-3-1-6(2-4-7)8-5-11-9(12)13-8/h1-5H,(H,11,12). The van der Waals surface area contributed by atoms with E-state index in [0.717, 1.165) is 10.4 Å². The molecule has 0 aliphatic carbocycles. The van der Waals surface area contributed by atoms with Crippen molar-refractivity contribution in [2.45, 2.75) is 0 Å². The van der Waals surface area contributed by atoms with Crippen molar-refractivity contribution in [2.24, 2.45) is 0 Å². The van der Waals surface area contributed by atoms with Crippen LogP contribution in [0.25, 0.3) is 10.4 Å². The zero-order valence-electron chi connectivity index (χ0n) is 6.58. The van der Waals surface area contributed by atoms with Crippen molar-refractivity contribution in [3.63, 3.8) is 0 Å². The molecule has 1 N–H and O–H groups in total. The lowest BCUT2D eigenvalue weighted by atomic mass is 10.2. The Bertz CT molecular complexity index is 457. The number of benzene rings is 1. The predicted octanol–water partition coefficient (Wildman–Crippen LogP) is 2.76. The van der Waals surface area contributed by atoms with Gasteiger partial charge in [0, 0.05) is 11.2 Å². The first-order valence-corrected chi connectivity index (χ1v) is 4.89. The van der Waals surface area contributed by atoms with Crippen LogP contribution in [0.15, 0.2) is 35.3 Å². The summed E-state index contributed by atoms with van der Waals surface area (Å²) in [5.74, 6) is 0. The van der Waals surface area contributed by atoms with Gasteiger partial charge >= 0.3 is 4.87 Å². The average Bonchev–Trinajstić information content (AvgIpc) is 2.53. The molecule has 66 valence electrons. The average molecular weight is 212 g/mol. The van der Waals surface area contributed by atoms with Gasteiger partial charge in [-0.25, -0.2) is 0 Å². The molecule has 0 aliphatic heterocycles. The lowest BCUT2D eigenvalue weighted by molar-refractivity contribution is 1.34. The second kappa shape index (κ2) is 3.36. The second-order valence-electron chi connectivity index (χ2n) is 2.55. The van der Waals surface area contributed by atoms with Crippen molar-refractivity contribution in [3.8, 4) is 10.4 Å². The first-order valence-electron chi connectivity index (χ1n) is 3.70. The van der Waals surface area contributed by atoms with Crippen LogP contribution < -0.4 is 4.87 Å². The van der Waals surface area contributed by atoms with Crippen LogP contribution in [0, 0.1) is 0 Å². The normalized spacial score (nSPS) is 10.2. The fourth-order valence-electron chi connectivity index (χ4n) is 1.04. The molecule has 0 bridgehead atoms. The highest BCUT2D eigenvalue weighted by atomic mass is 35.5. The topological polar surface area (TPSA) is 32.9 Å². The Morgan fingerprint density at radius 2 is 1.92 bits per heavy atom. The minimum atomic E-state index is -0.0371. The number of hydrogen-bond acceptors (Lipinski definition) is 2. The third-order valence-electron chi connectivity index (χ3n) is 1.65. The molecule has 2 rings (SSSR count). The van der Waals surface area contributed by atoms with Crippen LogP contribution in [0.5, 0.6) is 0 Å². The Morgan fingerprint density at radius 1 is 1.23 bits per heavy atom. The van der Waals surface area contributed by atoms with E-state index in [1.54, 1.807) is 18.3 Å². The molecule has 0 saturated carbocycles. The van der Waals surface area contributed by atoms with E-state index < -0.39 is 0 Å². The van der Waals surface area contributed by atoms with Crippen molar-refractivity contribution in [1.82, 2.24) is 4.98 Å². The van der Waals surface area contributed by atoms with E-state index in [9.17, 15) is 4.79 Å². The highest BCUT2D eigenvalue weighted by molar-refractivity contribution is 7.12. The molecule has 0 saturated heterocycles. The fourth-order valence-corrected chi connectivity index (χ4v) is 1.86. The predicted molar refractivity (Wildman–Crippen MR) is 55.4 cm³/mol. The number of aromatic amines is 1. The molecule has 0 spiro atoms. The molecular weight excluding hydrogens is 206 g/mol. The molecule has 1 aromatic carbocycles. The molecule has 2 aromatic rings. The monoisotopic (exact) mass is 211 g/mol. The van der Waals surface area contributed by atoms with Crippen LogP contribution in [0.2, 0.25) is 5.02 Å². The summed E-state index contributed by atoms with van der Waals surface area (Å²) in [6, 6.07) is 7.39. The summed E-state index contributed by atoms with van der Waals surface area (Å²) in [7, 11) is 0. The van der Waals surface area contributed by atoms with E-state index >= 15 is 0 Å². The van der Waals surface area contributed by atoms with E-state index in [0.29, 0.717) is 5.02 Å². The lowest BCUT2D eigenvalue weighted by Crippen LogP contribution is -1.88. The van der Waals surface area contributed by atoms with Gasteiger partial charge in [0.2, 0.25) is 0 Å². The van der Waals surface area contributed by atoms with Crippen molar-refractivity contribution in [2.75, 3.05) is 0 Å². The number of nitrogens with one attached hydrogen (secondary N) is 1. The Kier molecular flexibility index (Phi) is 2.20. The minimum Gasteiger partial charge on any atom is -0.319 e. The lowest BCUT2D eigenvalue weighted by Gasteiger charge is -1.94. The van der Waals surface area contributed by atoms with Crippen LogP contribution in [0.3, 0.4) is 0 Å². The maximum absolute atomic E-state index is 10.9. The molecule has 0 aliphatic rings. The van der Waals surface area contributed by atoms with E-state index in [-0.39, 0.29) is 4.87 Å². The minimum absolute atomic E-state index is 0.0371. The molecule has 0 atom stereocenters. The Hall–Kier alpha value is -1.06. The number of thiazole rings is 1. The highest BCUT2D eigenvalue weighted by Crippen LogP contribution is 2.22. The number of rotatable bonds is 1. The van der Waals surface area contributed by atoms with Gasteiger partial charge in [-0.05, 0) is 17.7 Å². The quantitative estimate of drug-likeness (QED) is 0.773. The zero-order chi connectivity index (χ0) is 9.26. The summed E-state index contributed by atoms with van der Waals surface area (Å²) in [4.78, 5) is 14.4. The summed E-state index contributed by atoms with van der Waals surface area (Å²) < 4.78 is 0. The molecule has 4 heteroatoms. The zero-order valence-corrected chi connectivity index (χ0v) is 8.15. The maximum atomic E-state index is 10.9. The SMILES string of the molecule is O=c1[nH]cc(-c2ccc(Cl)cc2)s1. The van der Waals surface area contributed by atoms with Gasteiger partial charge in [0.05, 0.1) is 4.88 Å². The second-order valence-corrected chi connectivity index (χ2v) is 4.00. The molecule has 2 nitrogen and oxygen atoms in total. The van der Waals surface area contributed by atoms with E-state index in [2.05, 4.69) is 4.98 Å². The van der Waals surface area contributed by atoms with Gasteiger partial charge in [0.15, 0.2) is 0 Å². The van der Waals surface area contributed by atoms with E-state index in [4.69, 9.17) is 11.6 Å². The van der Waals surface area contributed by atoms with Gasteiger partial charge < -0.3 is 4.98 Å². The molecular formula is C9H6ClNOS. The Morgan fingerprint density at radius 3 is 2.46 bits per heavy atom. The molecule has 0 unspecified atom stereocenters. The van der Waals surface area contributed by atoms with E-state index in [1.807, 2.05) is 12.1 Å². The summed E-state index contributed by atoms with van der Waals surface area (Å²) in [6.07, 6.45) is 1.70. The van der Waals surface area contributed by atoms with Crippen LogP contribution >= 0.6 is 22.9 Å². The Labute approximate surface area is 83.8 Å². The van der Waals surface area contributed by atoms with Crippen molar-refractivity contribution < 1.29 is 0 Å². The molecule has 0 fully saturated rings. The van der Waals surface area contributed by atoms with Gasteiger partial charge in [0.25, 0.3) is 0 Å². The number of H-pyrrole nitrogens is 1. The van der Waals surface area contributed by atoms with Gasteiger partial charge in [-0.3, -0.25) is 4.79 Å². The summed E-state index contributed by atoms with van der Waals surface area (Å²) in [5, 5.41) is 0.701. The smallest absolute Gasteiger partial charge is 0.305 e. The molecule has 1 aromatic heterocycles. The molecule has 0 amide bonds. The fraction of sp³-hybridized carbons (Fsp3) is 0. The molecule has 13 heavy (non-hydrogen) atoms. The summed E-state index contributed by atoms with van der Waals surface area (Å²) in [5.41, 5.74) is 1.01. The van der Waals surface area contributed by atoms with Gasteiger partial charge in [0.1, 0.15) is 0 Å². The van der Waals surface area contributed by atoms with E-state index in [1.165, 1.54) is 11.3 Å². The van der Waals surface area contributed by atoms with Gasteiger partial charge in [-0.2, -0.15) is 0 Å².